The van der Waals surface area contributed by atoms with Crippen LogP contribution in [-0.2, 0) is 0 Å². The SMILES string of the molecule is CC.CC.CC.CC.Cc1cccc2c1OCC2C.Cc1coc2c(C)cccc12. The van der Waals surface area contributed by atoms with Gasteiger partial charge in [-0.05, 0) is 37.5 Å². The number of fused-ring (bicyclic) bond motifs is 2. The summed E-state index contributed by atoms with van der Waals surface area (Å²) in [7, 11) is 0. The zero-order chi connectivity index (χ0) is 23.7. The second-order valence-corrected chi connectivity index (χ2v) is 6.08. The lowest BCUT2D eigenvalue weighted by Gasteiger charge is -2.01. The quantitative estimate of drug-likeness (QED) is 0.365. The summed E-state index contributed by atoms with van der Waals surface area (Å²) in [5.74, 6) is 1.69. The van der Waals surface area contributed by atoms with Crippen molar-refractivity contribution in [2.24, 2.45) is 0 Å². The van der Waals surface area contributed by atoms with Crippen LogP contribution in [0.3, 0.4) is 0 Å². The van der Waals surface area contributed by atoms with Crippen LogP contribution in [0.1, 0.15) is 90.5 Å². The minimum atomic E-state index is 0.574. The number of hydrogen-bond donors (Lipinski definition) is 0. The second kappa shape index (κ2) is 17.6. The van der Waals surface area contributed by atoms with Crippen molar-refractivity contribution < 1.29 is 9.15 Å². The molecular formula is C28H46O2. The van der Waals surface area contributed by atoms with E-state index in [0.717, 1.165) is 17.9 Å². The molecule has 0 saturated heterocycles. The van der Waals surface area contributed by atoms with Gasteiger partial charge in [0, 0.05) is 16.9 Å². The third kappa shape index (κ3) is 8.26. The van der Waals surface area contributed by atoms with Crippen LogP contribution < -0.4 is 4.74 Å². The van der Waals surface area contributed by atoms with Gasteiger partial charge in [0.25, 0.3) is 0 Å². The standard InChI is InChI=1S/C10H12O.C10H10O.4C2H6/c2*1-7-4-3-5-9-8(2)6-11-10(7)9;4*1-2/h3-5,8H,6H2,1-2H3;3-6H,1-2H3;4*1-2H3. The summed E-state index contributed by atoms with van der Waals surface area (Å²) in [4.78, 5) is 0. The van der Waals surface area contributed by atoms with Gasteiger partial charge in [-0.25, -0.2) is 0 Å². The van der Waals surface area contributed by atoms with E-state index in [9.17, 15) is 0 Å². The van der Waals surface area contributed by atoms with E-state index in [-0.39, 0.29) is 0 Å². The van der Waals surface area contributed by atoms with Crippen molar-refractivity contribution in [2.45, 2.75) is 89.0 Å². The highest BCUT2D eigenvalue weighted by Gasteiger charge is 2.20. The molecule has 0 spiro atoms. The molecule has 0 saturated carbocycles. The third-order valence-electron chi connectivity index (χ3n) is 4.24. The number of aryl methyl sites for hydroxylation is 3. The van der Waals surface area contributed by atoms with Crippen LogP contribution >= 0.6 is 0 Å². The molecule has 0 bridgehead atoms. The molecule has 30 heavy (non-hydrogen) atoms. The van der Waals surface area contributed by atoms with Crippen LogP contribution in [0.2, 0.25) is 0 Å². The first kappa shape index (κ1) is 30.0. The maximum absolute atomic E-state index is 5.54. The van der Waals surface area contributed by atoms with E-state index in [4.69, 9.17) is 9.15 Å². The lowest BCUT2D eigenvalue weighted by molar-refractivity contribution is 0.335. The van der Waals surface area contributed by atoms with E-state index in [1.165, 1.54) is 27.6 Å². The first-order valence-corrected chi connectivity index (χ1v) is 11.7. The van der Waals surface area contributed by atoms with Crippen LogP contribution in [0.4, 0.5) is 0 Å². The van der Waals surface area contributed by atoms with Crippen molar-refractivity contribution in [2.75, 3.05) is 6.61 Å². The van der Waals surface area contributed by atoms with Crippen LogP contribution in [-0.4, -0.2) is 6.61 Å². The van der Waals surface area contributed by atoms with E-state index in [1.54, 1.807) is 6.26 Å². The van der Waals surface area contributed by atoms with Crippen LogP contribution in [0.5, 0.6) is 5.75 Å². The summed E-state index contributed by atoms with van der Waals surface area (Å²) in [5.41, 5.74) is 6.06. The summed E-state index contributed by atoms with van der Waals surface area (Å²) < 4.78 is 10.9. The molecule has 1 aromatic heterocycles. The Kier molecular flexibility index (Phi) is 17.6. The molecule has 4 rings (SSSR count). The van der Waals surface area contributed by atoms with Gasteiger partial charge in [0.15, 0.2) is 0 Å². The molecule has 2 heteroatoms. The van der Waals surface area contributed by atoms with Gasteiger partial charge in [0.05, 0.1) is 12.9 Å². The van der Waals surface area contributed by atoms with Crippen molar-refractivity contribution in [1.82, 2.24) is 0 Å². The molecule has 0 fully saturated rings. The highest BCUT2D eigenvalue weighted by atomic mass is 16.5. The van der Waals surface area contributed by atoms with E-state index in [0.29, 0.717) is 5.92 Å². The molecule has 1 aliphatic heterocycles. The van der Waals surface area contributed by atoms with E-state index >= 15 is 0 Å². The molecule has 170 valence electrons. The zero-order valence-electron chi connectivity index (χ0n) is 21.6. The molecule has 3 aromatic rings. The first-order valence-electron chi connectivity index (χ1n) is 11.7. The summed E-state index contributed by atoms with van der Waals surface area (Å²) in [6, 6.07) is 12.5. The van der Waals surface area contributed by atoms with Gasteiger partial charge < -0.3 is 9.15 Å². The third-order valence-corrected chi connectivity index (χ3v) is 4.24. The maximum Gasteiger partial charge on any atom is 0.137 e. The normalized spacial score (nSPS) is 12.5. The number of ether oxygens (including phenoxy) is 1. The molecule has 0 N–H and O–H groups in total. The second-order valence-electron chi connectivity index (χ2n) is 6.08. The molecular weight excluding hydrogens is 368 g/mol. The minimum Gasteiger partial charge on any atom is -0.492 e. The van der Waals surface area contributed by atoms with Crippen molar-refractivity contribution in [1.29, 1.82) is 0 Å². The number of hydrogen-bond acceptors (Lipinski definition) is 2. The Balaban J connectivity index is 0. The van der Waals surface area contributed by atoms with Crippen LogP contribution in [0.15, 0.2) is 47.1 Å². The predicted molar refractivity (Wildman–Crippen MR) is 136 cm³/mol. The molecule has 0 aliphatic carbocycles. The summed E-state index contributed by atoms with van der Waals surface area (Å²) in [6.07, 6.45) is 1.80. The number of para-hydroxylation sites is 2. The molecule has 1 atom stereocenters. The lowest BCUT2D eigenvalue weighted by atomic mass is 10.0. The summed E-state index contributed by atoms with van der Waals surface area (Å²) in [6.45, 7) is 25.3. The fraction of sp³-hybridized carbons (Fsp3) is 0.500. The highest BCUT2D eigenvalue weighted by molar-refractivity contribution is 5.83. The first-order chi connectivity index (χ1) is 14.6. The fourth-order valence-electron chi connectivity index (χ4n) is 2.89. The molecule has 1 unspecified atom stereocenters. The number of benzene rings is 2. The Hall–Kier alpha value is -2.22. The van der Waals surface area contributed by atoms with Crippen LogP contribution in [0, 0.1) is 20.8 Å². The Labute approximate surface area is 186 Å². The smallest absolute Gasteiger partial charge is 0.137 e. The molecule has 2 heterocycles. The molecule has 0 amide bonds. The topological polar surface area (TPSA) is 22.4 Å². The van der Waals surface area contributed by atoms with Crippen molar-refractivity contribution >= 4 is 11.0 Å². The highest BCUT2D eigenvalue weighted by Crippen LogP contribution is 2.35. The van der Waals surface area contributed by atoms with Gasteiger partial charge >= 0.3 is 0 Å². The number of furan rings is 1. The van der Waals surface area contributed by atoms with Gasteiger partial charge in [-0.2, -0.15) is 0 Å². The lowest BCUT2D eigenvalue weighted by Crippen LogP contribution is -1.93. The van der Waals surface area contributed by atoms with Gasteiger partial charge in [0.2, 0.25) is 0 Å². The van der Waals surface area contributed by atoms with Crippen molar-refractivity contribution in [3.63, 3.8) is 0 Å². The molecule has 1 aliphatic rings. The zero-order valence-corrected chi connectivity index (χ0v) is 21.6. The monoisotopic (exact) mass is 414 g/mol. The fourth-order valence-corrected chi connectivity index (χ4v) is 2.89. The molecule has 2 aromatic carbocycles. The summed E-state index contributed by atoms with van der Waals surface area (Å²) >= 11 is 0. The van der Waals surface area contributed by atoms with Crippen molar-refractivity contribution in [3.8, 4) is 5.75 Å². The minimum absolute atomic E-state index is 0.574. The Morgan fingerprint density at radius 1 is 0.700 bits per heavy atom. The van der Waals surface area contributed by atoms with E-state index in [2.05, 4.69) is 64.1 Å². The Morgan fingerprint density at radius 2 is 1.23 bits per heavy atom. The predicted octanol–water partition coefficient (Wildman–Crippen LogP) is 9.65. The Bertz CT molecular complexity index is 800. The van der Waals surface area contributed by atoms with Gasteiger partial charge in [-0.3, -0.25) is 0 Å². The van der Waals surface area contributed by atoms with Gasteiger partial charge in [-0.1, -0.05) is 98.7 Å². The van der Waals surface area contributed by atoms with Crippen LogP contribution in [0.25, 0.3) is 11.0 Å². The largest absolute Gasteiger partial charge is 0.492 e. The van der Waals surface area contributed by atoms with E-state index in [1.807, 2.05) is 55.4 Å². The average Bonchev–Trinajstić information content (AvgIpc) is 3.39. The van der Waals surface area contributed by atoms with E-state index < -0.39 is 0 Å². The maximum atomic E-state index is 5.54. The summed E-state index contributed by atoms with van der Waals surface area (Å²) in [5, 5.41) is 1.23. The van der Waals surface area contributed by atoms with Gasteiger partial charge in [-0.15, -0.1) is 0 Å². The van der Waals surface area contributed by atoms with Gasteiger partial charge in [0.1, 0.15) is 11.3 Å². The Morgan fingerprint density at radius 3 is 1.77 bits per heavy atom. The van der Waals surface area contributed by atoms with Crippen molar-refractivity contribution in [3.05, 3.63) is 64.9 Å². The molecule has 0 radical (unpaired) electrons. The average molecular weight is 415 g/mol. The number of rotatable bonds is 0. The molecule has 2 nitrogen and oxygen atoms in total.